The normalized spacial score (nSPS) is 12.5. The van der Waals surface area contributed by atoms with E-state index < -0.39 is 33.8 Å². The standard InChI is InChI=1S/C18H13BrClFN4O4S2/c19-15-11-24-18(16(15)17(20)22)23-10-12-6-8-14(9-7-12)31(28,29)25(21)30(26,27)13-4-2-1-3-5-13/h1-11,22,24H/b22-17?,23-10+. The van der Waals surface area contributed by atoms with Crippen LogP contribution in [-0.4, -0.2) is 37.1 Å². The summed E-state index contributed by atoms with van der Waals surface area (Å²) in [5.41, 5.74) is 0.782. The zero-order chi connectivity index (χ0) is 22.8. The molecule has 0 spiro atoms. The summed E-state index contributed by atoms with van der Waals surface area (Å²) in [4.78, 5) is 5.92. The number of aromatic nitrogens is 1. The second-order valence-electron chi connectivity index (χ2n) is 5.98. The van der Waals surface area contributed by atoms with Crippen LogP contribution >= 0.6 is 27.5 Å². The van der Waals surface area contributed by atoms with E-state index in [1.54, 1.807) is 6.20 Å². The number of aliphatic imine (C=N–C) groups is 1. The van der Waals surface area contributed by atoms with E-state index in [2.05, 4.69) is 25.9 Å². The van der Waals surface area contributed by atoms with E-state index in [-0.39, 0.29) is 5.17 Å². The van der Waals surface area contributed by atoms with E-state index in [0.29, 0.717) is 21.4 Å². The highest BCUT2D eigenvalue weighted by molar-refractivity contribution is 9.10. The Morgan fingerprint density at radius 2 is 1.58 bits per heavy atom. The van der Waals surface area contributed by atoms with Crippen molar-refractivity contribution < 1.29 is 21.3 Å². The van der Waals surface area contributed by atoms with Crippen LogP contribution in [0.3, 0.4) is 0 Å². The lowest BCUT2D eigenvalue weighted by atomic mass is 10.2. The second kappa shape index (κ2) is 9.01. The lowest BCUT2D eigenvalue weighted by Gasteiger charge is -2.13. The van der Waals surface area contributed by atoms with Crippen LogP contribution in [0.1, 0.15) is 11.1 Å². The molecule has 0 unspecified atom stereocenters. The number of halogens is 3. The predicted molar refractivity (Wildman–Crippen MR) is 119 cm³/mol. The third-order valence-corrected chi connectivity index (χ3v) is 8.45. The molecule has 0 radical (unpaired) electrons. The molecule has 0 amide bonds. The van der Waals surface area contributed by atoms with Gasteiger partial charge < -0.3 is 4.98 Å². The Bertz CT molecular complexity index is 1360. The van der Waals surface area contributed by atoms with Crippen LogP contribution in [0.2, 0.25) is 0 Å². The Balaban J connectivity index is 1.86. The van der Waals surface area contributed by atoms with Crippen LogP contribution in [0.5, 0.6) is 0 Å². The summed E-state index contributed by atoms with van der Waals surface area (Å²) in [6, 6.07) is 11.1. The van der Waals surface area contributed by atoms with Crippen LogP contribution in [0.4, 0.5) is 10.3 Å². The summed E-state index contributed by atoms with van der Waals surface area (Å²) >= 11 is 8.96. The number of aromatic amines is 1. The zero-order valence-electron chi connectivity index (χ0n) is 15.3. The van der Waals surface area contributed by atoms with Gasteiger partial charge in [-0.15, -0.1) is 4.48 Å². The van der Waals surface area contributed by atoms with Crippen LogP contribution in [0, 0.1) is 5.41 Å². The van der Waals surface area contributed by atoms with Gasteiger partial charge in [0, 0.05) is 16.9 Å². The fraction of sp³-hybridized carbons (Fsp3) is 0. The molecule has 3 rings (SSSR count). The maximum Gasteiger partial charge on any atom is 0.283 e. The molecule has 2 aromatic carbocycles. The Labute approximate surface area is 191 Å². The molecule has 0 aliphatic carbocycles. The Morgan fingerprint density at radius 1 is 1.03 bits per heavy atom. The molecular formula is C18H13BrClFN4O4S2. The van der Waals surface area contributed by atoms with Gasteiger partial charge in [0.25, 0.3) is 20.0 Å². The van der Waals surface area contributed by atoms with E-state index in [1.807, 2.05) is 0 Å². The molecule has 1 heterocycles. The van der Waals surface area contributed by atoms with Gasteiger partial charge in [0.2, 0.25) is 0 Å². The van der Waals surface area contributed by atoms with Crippen molar-refractivity contribution in [1.82, 2.24) is 8.92 Å². The molecule has 2 N–H and O–H groups in total. The maximum absolute atomic E-state index is 14.5. The number of rotatable bonds is 7. The third kappa shape index (κ3) is 4.77. The molecule has 0 aliphatic rings. The molecule has 162 valence electrons. The van der Waals surface area contributed by atoms with Crippen molar-refractivity contribution >= 4 is 64.8 Å². The second-order valence-corrected chi connectivity index (χ2v) is 10.9. The van der Waals surface area contributed by atoms with Crippen molar-refractivity contribution in [1.29, 1.82) is 5.41 Å². The molecule has 3 aromatic rings. The summed E-state index contributed by atoms with van der Waals surface area (Å²) < 4.78 is 63.4. The summed E-state index contributed by atoms with van der Waals surface area (Å²) in [6.45, 7) is 0. The summed E-state index contributed by atoms with van der Waals surface area (Å²) in [7, 11) is -9.87. The first-order valence-electron chi connectivity index (χ1n) is 8.32. The topological polar surface area (TPSA) is 124 Å². The van der Waals surface area contributed by atoms with Gasteiger partial charge in [0.1, 0.15) is 11.0 Å². The van der Waals surface area contributed by atoms with E-state index in [9.17, 15) is 21.3 Å². The van der Waals surface area contributed by atoms with E-state index in [0.717, 1.165) is 24.3 Å². The van der Waals surface area contributed by atoms with E-state index in [1.165, 1.54) is 36.5 Å². The first-order valence-corrected chi connectivity index (χ1v) is 12.4. The average molecular weight is 548 g/mol. The number of nitrogens with zero attached hydrogens (tertiary/aromatic N) is 2. The van der Waals surface area contributed by atoms with Gasteiger partial charge in [0.05, 0.1) is 19.3 Å². The monoisotopic (exact) mass is 546 g/mol. The Hall–Kier alpha value is -2.38. The molecule has 8 nitrogen and oxygen atoms in total. The van der Waals surface area contributed by atoms with Gasteiger partial charge in [0.15, 0.2) is 0 Å². The largest absolute Gasteiger partial charge is 0.345 e. The van der Waals surface area contributed by atoms with Gasteiger partial charge in [-0.1, -0.05) is 41.9 Å². The Morgan fingerprint density at radius 3 is 2.13 bits per heavy atom. The molecule has 0 bridgehead atoms. The molecular weight excluding hydrogens is 535 g/mol. The number of hydrogen-bond acceptors (Lipinski definition) is 6. The predicted octanol–water partition coefficient (Wildman–Crippen LogP) is 4.36. The minimum atomic E-state index is -4.97. The van der Waals surface area contributed by atoms with Gasteiger partial charge >= 0.3 is 0 Å². The highest BCUT2D eigenvalue weighted by Gasteiger charge is 2.37. The molecule has 13 heteroatoms. The summed E-state index contributed by atoms with van der Waals surface area (Å²) in [6.07, 6.45) is 2.92. The maximum atomic E-state index is 14.5. The van der Waals surface area contributed by atoms with Crippen LogP contribution in [0.15, 0.2) is 80.1 Å². The molecule has 0 atom stereocenters. The number of hydrogen-bond donors (Lipinski definition) is 2. The number of nitrogens with one attached hydrogen (secondary N) is 2. The zero-order valence-corrected chi connectivity index (χ0v) is 19.3. The molecule has 0 saturated heterocycles. The number of sulfonamides is 2. The van der Waals surface area contributed by atoms with Crippen LogP contribution in [-0.2, 0) is 20.0 Å². The van der Waals surface area contributed by atoms with Gasteiger partial charge in [-0.05, 0) is 45.8 Å². The molecule has 0 aliphatic heterocycles. The quantitative estimate of drug-likeness (QED) is 0.337. The van der Waals surface area contributed by atoms with Crippen LogP contribution < -0.4 is 0 Å². The van der Waals surface area contributed by atoms with Crippen molar-refractivity contribution in [3.63, 3.8) is 0 Å². The van der Waals surface area contributed by atoms with E-state index in [4.69, 9.17) is 17.0 Å². The number of H-pyrrole nitrogens is 1. The summed E-state index contributed by atoms with van der Waals surface area (Å²) in [5.74, 6) is 0.299. The van der Waals surface area contributed by atoms with E-state index >= 15 is 0 Å². The minimum absolute atomic E-state index is 0.232. The molecule has 31 heavy (non-hydrogen) atoms. The van der Waals surface area contributed by atoms with Crippen molar-refractivity contribution in [2.24, 2.45) is 4.99 Å². The van der Waals surface area contributed by atoms with Gasteiger partial charge in [-0.2, -0.15) is 0 Å². The van der Waals surface area contributed by atoms with Crippen LogP contribution in [0.25, 0.3) is 0 Å². The Kier molecular flexibility index (Phi) is 6.76. The van der Waals surface area contributed by atoms with Crippen molar-refractivity contribution in [2.75, 3.05) is 0 Å². The fourth-order valence-corrected chi connectivity index (χ4v) is 6.12. The van der Waals surface area contributed by atoms with Gasteiger partial charge in [-0.3, -0.25) is 5.41 Å². The smallest absolute Gasteiger partial charge is 0.283 e. The summed E-state index contributed by atoms with van der Waals surface area (Å²) in [5, 5.41) is 7.32. The molecule has 1 aromatic heterocycles. The highest BCUT2D eigenvalue weighted by Crippen LogP contribution is 2.28. The lowest BCUT2D eigenvalue weighted by molar-refractivity contribution is 0.250. The van der Waals surface area contributed by atoms with Crippen molar-refractivity contribution in [2.45, 2.75) is 9.79 Å². The lowest BCUT2D eigenvalue weighted by Crippen LogP contribution is -2.29. The average Bonchev–Trinajstić information content (AvgIpc) is 3.13. The third-order valence-electron chi connectivity index (χ3n) is 3.97. The molecule has 0 saturated carbocycles. The highest BCUT2D eigenvalue weighted by atomic mass is 79.9. The first-order chi connectivity index (χ1) is 14.5. The fourth-order valence-electron chi connectivity index (χ4n) is 2.45. The van der Waals surface area contributed by atoms with Crippen molar-refractivity contribution in [3.05, 3.63) is 76.4 Å². The minimum Gasteiger partial charge on any atom is -0.345 e. The SMILES string of the molecule is N=C(Cl)c1c(Br)c[nH]c1/N=C/c1ccc(S(=O)(=O)N(F)S(=O)(=O)c2ccccc2)cc1. The van der Waals surface area contributed by atoms with Crippen molar-refractivity contribution in [3.8, 4) is 0 Å². The van der Waals surface area contributed by atoms with Gasteiger partial charge in [-0.25, -0.2) is 21.8 Å². The number of benzene rings is 2. The molecule has 0 fully saturated rings. The first kappa shape index (κ1) is 23.3.